The molecule has 0 aliphatic carbocycles. The van der Waals surface area contributed by atoms with Crippen LogP contribution >= 0.6 is 0 Å². The van der Waals surface area contributed by atoms with Crippen molar-refractivity contribution in [1.29, 1.82) is 0 Å². The molecule has 1 aromatic heterocycles. The van der Waals surface area contributed by atoms with E-state index in [0.717, 1.165) is 11.3 Å². The van der Waals surface area contributed by atoms with Gasteiger partial charge < -0.3 is 14.4 Å². The van der Waals surface area contributed by atoms with Gasteiger partial charge in [-0.2, -0.15) is 0 Å². The van der Waals surface area contributed by atoms with Crippen molar-refractivity contribution in [3.05, 3.63) is 59.7 Å². The zero-order chi connectivity index (χ0) is 16.9. The fourth-order valence-corrected chi connectivity index (χ4v) is 2.61. The van der Waals surface area contributed by atoms with E-state index < -0.39 is 0 Å². The summed E-state index contributed by atoms with van der Waals surface area (Å²) in [6.07, 6.45) is 1.43. The minimum Gasteiger partial charge on any atom is -0.482 e. The first-order chi connectivity index (χ1) is 11.6. The maximum atomic E-state index is 13.0. The van der Waals surface area contributed by atoms with Crippen LogP contribution in [0.1, 0.15) is 17.4 Å². The largest absolute Gasteiger partial charge is 0.482 e. The van der Waals surface area contributed by atoms with Crippen LogP contribution in [0.25, 0.3) is 0 Å². The van der Waals surface area contributed by atoms with Gasteiger partial charge >= 0.3 is 0 Å². The van der Waals surface area contributed by atoms with Crippen molar-refractivity contribution in [3.63, 3.8) is 0 Å². The molecule has 2 heterocycles. The van der Waals surface area contributed by atoms with Gasteiger partial charge in [-0.15, -0.1) is 0 Å². The highest BCUT2D eigenvalue weighted by atomic mass is 19.1. The lowest BCUT2D eigenvalue weighted by molar-refractivity contribution is -0.141. The number of morpholine rings is 1. The Bertz CT molecular complexity index is 706. The molecule has 1 amide bonds. The zero-order valence-electron chi connectivity index (χ0n) is 13.4. The quantitative estimate of drug-likeness (QED) is 0.864. The predicted molar refractivity (Wildman–Crippen MR) is 86.1 cm³/mol. The lowest BCUT2D eigenvalue weighted by atomic mass is 10.1. The topological polar surface area (TPSA) is 51.7 Å². The molecular formula is C18H19FN2O3. The molecule has 1 atom stereocenters. The molecule has 3 rings (SSSR count). The summed E-state index contributed by atoms with van der Waals surface area (Å²) in [6.45, 7) is 3.19. The third-order valence-corrected chi connectivity index (χ3v) is 3.97. The van der Waals surface area contributed by atoms with Crippen LogP contribution in [0.5, 0.6) is 5.75 Å². The SMILES string of the molecule is Cc1ncccc1OCC(=O)N1CCOC(c2ccc(F)cc2)C1. The number of nitrogens with zero attached hydrogens (tertiary/aromatic N) is 2. The van der Waals surface area contributed by atoms with Crippen LogP contribution in [0.2, 0.25) is 0 Å². The molecule has 1 aromatic carbocycles. The molecule has 2 aromatic rings. The number of hydrogen-bond acceptors (Lipinski definition) is 4. The maximum Gasteiger partial charge on any atom is 0.260 e. The van der Waals surface area contributed by atoms with Gasteiger partial charge in [0.15, 0.2) is 6.61 Å². The molecule has 0 bridgehead atoms. The number of hydrogen-bond donors (Lipinski definition) is 0. The van der Waals surface area contributed by atoms with E-state index in [9.17, 15) is 9.18 Å². The second kappa shape index (κ2) is 7.40. The number of benzene rings is 1. The molecule has 5 nitrogen and oxygen atoms in total. The Labute approximate surface area is 140 Å². The standard InChI is InChI=1S/C18H19FN2O3/c1-13-16(3-2-8-20-13)24-12-18(22)21-9-10-23-17(11-21)14-4-6-15(19)7-5-14/h2-8,17H,9-12H2,1H3. The maximum absolute atomic E-state index is 13.0. The molecule has 0 N–H and O–H groups in total. The minimum atomic E-state index is -0.289. The summed E-state index contributed by atoms with van der Waals surface area (Å²) < 4.78 is 24.3. The monoisotopic (exact) mass is 330 g/mol. The first-order valence-electron chi connectivity index (χ1n) is 7.83. The third kappa shape index (κ3) is 3.89. The molecular weight excluding hydrogens is 311 g/mol. The van der Waals surface area contributed by atoms with E-state index >= 15 is 0 Å². The normalized spacial score (nSPS) is 17.6. The van der Waals surface area contributed by atoms with Gasteiger partial charge in [0.2, 0.25) is 0 Å². The van der Waals surface area contributed by atoms with Gasteiger partial charge in [0.25, 0.3) is 5.91 Å². The fourth-order valence-electron chi connectivity index (χ4n) is 2.61. The number of halogens is 1. The van der Waals surface area contributed by atoms with Crippen LogP contribution in [-0.4, -0.2) is 42.1 Å². The van der Waals surface area contributed by atoms with E-state index in [0.29, 0.717) is 25.4 Å². The van der Waals surface area contributed by atoms with Crippen molar-refractivity contribution in [2.24, 2.45) is 0 Å². The Morgan fingerprint density at radius 2 is 2.17 bits per heavy atom. The summed E-state index contributed by atoms with van der Waals surface area (Å²) in [7, 11) is 0. The number of pyridine rings is 1. The van der Waals surface area contributed by atoms with Crippen LogP contribution in [-0.2, 0) is 9.53 Å². The number of aromatic nitrogens is 1. The Morgan fingerprint density at radius 1 is 1.38 bits per heavy atom. The average molecular weight is 330 g/mol. The van der Waals surface area contributed by atoms with Gasteiger partial charge in [0.1, 0.15) is 17.7 Å². The average Bonchev–Trinajstić information content (AvgIpc) is 2.61. The van der Waals surface area contributed by atoms with E-state index in [-0.39, 0.29) is 24.4 Å². The Kier molecular flexibility index (Phi) is 5.05. The molecule has 1 aliphatic heterocycles. The second-order valence-corrected chi connectivity index (χ2v) is 5.63. The van der Waals surface area contributed by atoms with Gasteiger partial charge in [0, 0.05) is 12.7 Å². The lowest BCUT2D eigenvalue weighted by Crippen LogP contribution is -2.44. The Hall–Kier alpha value is -2.47. The van der Waals surface area contributed by atoms with Crippen LogP contribution in [0.4, 0.5) is 4.39 Å². The van der Waals surface area contributed by atoms with Gasteiger partial charge in [-0.05, 0) is 36.8 Å². The number of rotatable bonds is 4. The number of carbonyl (C=O) groups excluding carboxylic acids is 1. The van der Waals surface area contributed by atoms with E-state index in [1.54, 1.807) is 35.4 Å². The molecule has 1 unspecified atom stereocenters. The van der Waals surface area contributed by atoms with E-state index in [4.69, 9.17) is 9.47 Å². The summed E-state index contributed by atoms with van der Waals surface area (Å²) in [6, 6.07) is 9.72. The zero-order valence-corrected chi connectivity index (χ0v) is 13.4. The molecule has 126 valence electrons. The van der Waals surface area contributed by atoms with Crippen molar-refractivity contribution < 1.29 is 18.7 Å². The molecule has 0 spiro atoms. The van der Waals surface area contributed by atoms with E-state index in [1.807, 2.05) is 6.92 Å². The first kappa shape index (κ1) is 16.4. The second-order valence-electron chi connectivity index (χ2n) is 5.63. The third-order valence-electron chi connectivity index (χ3n) is 3.97. The molecule has 1 aliphatic rings. The lowest BCUT2D eigenvalue weighted by Gasteiger charge is -2.33. The van der Waals surface area contributed by atoms with Gasteiger partial charge in [0.05, 0.1) is 18.8 Å². The summed E-state index contributed by atoms with van der Waals surface area (Å²) in [5.74, 6) is 0.214. The Morgan fingerprint density at radius 3 is 2.92 bits per heavy atom. The van der Waals surface area contributed by atoms with Crippen molar-refractivity contribution in [3.8, 4) is 5.75 Å². The minimum absolute atomic E-state index is 0.0390. The molecule has 6 heteroatoms. The van der Waals surface area contributed by atoms with Crippen molar-refractivity contribution in [1.82, 2.24) is 9.88 Å². The van der Waals surface area contributed by atoms with Gasteiger partial charge in [-0.1, -0.05) is 12.1 Å². The van der Waals surface area contributed by atoms with Crippen LogP contribution < -0.4 is 4.74 Å². The summed E-state index contributed by atoms with van der Waals surface area (Å²) in [4.78, 5) is 18.2. The van der Waals surface area contributed by atoms with Crippen molar-refractivity contribution >= 4 is 5.91 Å². The number of amides is 1. The van der Waals surface area contributed by atoms with E-state index in [2.05, 4.69) is 4.98 Å². The smallest absolute Gasteiger partial charge is 0.260 e. The number of aryl methyl sites for hydroxylation is 1. The van der Waals surface area contributed by atoms with Crippen molar-refractivity contribution in [2.45, 2.75) is 13.0 Å². The van der Waals surface area contributed by atoms with Crippen molar-refractivity contribution in [2.75, 3.05) is 26.3 Å². The van der Waals surface area contributed by atoms with Gasteiger partial charge in [-0.3, -0.25) is 9.78 Å². The first-order valence-corrected chi connectivity index (χ1v) is 7.83. The van der Waals surface area contributed by atoms with Crippen LogP contribution in [0.15, 0.2) is 42.6 Å². The highest BCUT2D eigenvalue weighted by molar-refractivity contribution is 5.78. The molecule has 1 saturated heterocycles. The van der Waals surface area contributed by atoms with Crippen LogP contribution in [0.3, 0.4) is 0 Å². The Balaban J connectivity index is 1.59. The highest BCUT2D eigenvalue weighted by Gasteiger charge is 2.25. The molecule has 24 heavy (non-hydrogen) atoms. The fraction of sp³-hybridized carbons (Fsp3) is 0.333. The van der Waals surface area contributed by atoms with Crippen LogP contribution in [0, 0.1) is 12.7 Å². The summed E-state index contributed by atoms with van der Waals surface area (Å²) >= 11 is 0. The molecule has 1 fully saturated rings. The number of carbonyl (C=O) groups is 1. The predicted octanol–water partition coefficient (Wildman–Crippen LogP) is 2.51. The molecule has 0 radical (unpaired) electrons. The molecule has 0 saturated carbocycles. The summed E-state index contributed by atoms with van der Waals surface area (Å²) in [5, 5.41) is 0. The number of ether oxygens (including phenoxy) is 2. The highest BCUT2D eigenvalue weighted by Crippen LogP contribution is 2.23. The summed E-state index contributed by atoms with van der Waals surface area (Å²) in [5.41, 5.74) is 1.61. The van der Waals surface area contributed by atoms with Gasteiger partial charge in [-0.25, -0.2) is 4.39 Å². The van der Waals surface area contributed by atoms with E-state index in [1.165, 1.54) is 12.1 Å².